The quantitative estimate of drug-likeness (QED) is 0.786. The lowest BCUT2D eigenvalue weighted by molar-refractivity contribution is 0.341. The second-order valence-electron chi connectivity index (χ2n) is 6.07. The Morgan fingerprint density at radius 2 is 2.06 bits per heavy atom. The zero-order chi connectivity index (χ0) is 13.0. The Morgan fingerprint density at radius 1 is 1.28 bits per heavy atom. The molecule has 0 fully saturated rings. The Morgan fingerprint density at radius 3 is 2.78 bits per heavy atom. The maximum absolute atomic E-state index is 3.76. The fraction of sp³-hybridized carbons (Fsp3) is 0.647. The monoisotopic (exact) mass is 245 g/mol. The normalized spacial score (nSPS) is 22.4. The van der Waals surface area contributed by atoms with Gasteiger partial charge in [0.25, 0.3) is 0 Å². The second-order valence-corrected chi connectivity index (χ2v) is 6.07. The fourth-order valence-corrected chi connectivity index (χ4v) is 3.07. The van der Waals surface area contributed by atoms with E-state index in [-0.39, 0.29) is 0 Å². The molecule has 0 bridgehead atoms. The number of hydrogen-bond donors (Lipinski definition) is 1. The van der Waals surface area contributed by atoms with Crippen molar-refractivity contribution >= 4 is 0 Å². The van der Waals surface area contributed by atoms with E-state index in [1.54, 1.807) is 11.1 Å². The summed E-state index contributed by atoms with van der Waals surface area (Å²) < 4.78 is 0. The lowest BCUT2D eigenvalue weighted by atomic mass is 9.92. The molecule has 1 aromatic carbocycles. The third kappa shape index (κ3) is 3.14. The molecule has 1 aliphatic carbocycles. The Kier molecular flexibility index (Phi) is 4.82. The van der Waals surface area contributed by atoms with Gasteiger partial charge in [-0.2, -0.15) is 0 Å². The molecule has 0 radical (unpaired) electrons. The van der Waals surface area contributed by atoms with Gasteiger partial charge in [-0.05, 0) is 48.8 Å². The molecule has 0 aliphatic heterocycles. The molecule has 1 nitrogen and oxygen atoms in total. The topological polar surface area (TPSA) is 12.0 Å². The summed E-state index contributed by atoms with van der Waals surface area (Å²) in [4.78, 5) is 0. The van der Waals surface area contributed by atoms with E-state index < -0.39 is 0 Å². The van der Waals surface area contributed by atoms with E-state index in [0.29, 0.717) is 6.04 Å². The first-order chi connectivity index (χ1) is 8.72. The summed E-state index contributed by atoms with van der Waals surface area (Å²) in [5, 5.41) is 3.76. The van der Waals surface area contributed by atoms with Crippen molar-refractivity contribution in [3.63, 3.8) is 0 Å². The van der Waals surface area contributed by atoms with Crippen LogP contribution < -0.4 is 5.32 Å². The molecule has 2 atom stereocenters. The molecule has 1 aromatic rings. The number of hydrogen-bond acceptors (Lipinski definition) is 1. The highest BCUT2D eigenvalue weighted by Gasteiger charge is 2.31. The molecule has 18 heavy (non-hydrogen) atoms. The summed E-state index contributed by atoms with van der Waals surface area (Å²) in [5.74, 6) is 1.62. The van der Waals surface area contributed by atoms with Crippen molar-refractivity contribution in [3.8, 4) is 0 Å². The van der Waals surface area contributed by atoms with Crippen LogP contribution in [-0.2, 0) is 6.42 Å². The highest BCUT2D eigenvalue weighted by atomic mass is 14.9. The third-order valence-electron chi connectivity index (χ3n) is 4.07. The Bertz CT molecular complexity index is 370. The maximum Gasteiger partial charge on any atom is 0.0354 e. The van der Waals surface area contributed by atoms with Crippen LogP contribution in [0.2, 0.25) is 0 Å². The van der Waals surface area contributed by atoms with E-state index in [4.69, 9.17) is 0 Å². The third-order valence-corrected chi connectivity index (χ3v) is 4.07. The van der Waals surface area contributed by atoms with Gasteiger partial charge in [-0.15, -0.1) is 0 Å². The first kappa shape index (κ1) is 13.6. The number of benzene rings is 1. The average molecular weight is 245 g/mol. The average Bonchev–Trinajstić information content (AvgIpc) is 2.71. The van der Waals surface area contributed by atoms with Gasteiger partial charge in [0.1, 0.15) is 0 Å². The van der Waals surface area contributed by atoms with Crippen LogP contribution in [0.3, 0.4) is 0 Å². The van der Waals surface area contributed by atoms with E-state index in [1.165, 1.54) is 25.7 Å². The Hall–Kier alpha value is -0.820. The van der Waals surface area contributed by atoms with E-state index in [0.717, 1.165) is 18.4 Å². The van der Waals surface area contributed by atoms with Gasteiger partial charge < -0.3 is 5.32 Å². The summed E-state index contributed by atoms with van der Waals surface area (Å²) in [6.07, 6.45) is 5.19. The van der Waals surface area contributed by atoms with Crippen LogP contribution in [0.25, 0.3) is 0 Å². The molecular weight excluding hydrogens is 218 g/mol. The zero-order valence-electron chi connectivity index (χ0n) is 12.1. The number of fused-ring (bicyclic) bond motifs is 1. The Labute approximate surface area is 112 Å². The van der Waals surface area contributed by atoms with Crippen molar-refractivity contribution in [2.45, 2.75) is 52.5 Å². The first-order valence-electron chi connectivity index (χ1n) is 7.53. The number of nitrogens with one attached hydrogen (secondary N) is 1. The summed E-state index contributed by atoms with van der Waals surface area (Å²) in [6, 6.07) is 9.59. The summed E-state index contributed by atoms with van der Waals surface area (Å²) >= 11 is 0. The van der Waals surface area contributed by atoms with E-state index in [1.807, 2.05) is 0 Å². The van der Waals surface area contributed by atoms with Crippen LogP contribution in [0, 0.1) is 11.8 Å². The van der Waals surface area contributed by atoms with Crippen LogP contribution in [-0.4, -0.2) is 6.54 Å². The predicted molar refractivity (Wildman–Crippen MR) is 78.7 cm³/mol. The minimum Gasteiger partial charge on any atom is -0.310 e. The number of rotatable bonds is 6. The van der Waals surface area contributed by atoms with Gasteiger partial charge in [-0.25, -0.2) is 0 Å². The lowest BCUT2D eigenvalue weighted by Crippen LogP contribution is -2.26. The standard InChI is InChI=1S/C17H27N/c1-4-11-18-17-15(10-9-13(2)3)12-14-7-5-6-8-16(14)17/h5-8,13,15,17-18H,4,9-12H2,1-3H3. The van der Waals surface area contributed by atoms with Gasteiger partial charge in [-0.1, -0.05) is 51.5 Å². The molecule has 1 heteroatoms. The van der Waals surface area contributed by atoms with Crippen molar-refractivity contribution in [3.05, 3.63) is 35.4 Å². The summed E-state index contributed by atoms with van der Waals surface area (Å²) in [6.45, 7) is 8.04. The van der Waals surface area contributed by atoms with Crippen LogP contribution in [0.15, 0.2) is 24.3 Å². The van der Waals surface area contributed by atoms with E-state index in [9.17, 15) is 0 Å². The van der Waals surface area contributed by atoms with Gasteiger partial charge in [0.05, 0.1) is 0 Å². The second kappa shape index (κ2) is 6.38. The van der Waals surface area contributed by atoms with Crippen LogP contribution in [0.4, 0.5) is 0 Å². The summed E-state index contributed by atoms with van der Waals surface area (Å²) in [5.41, 5.74) is 3.12. The van der Waals surface area contributed by atoms with Crippen molar-refractivity contribution in [1.82, 2.24) is 5.32 Å². The molecule has 0 amide bonds. The molecule has 0 spiro atoms. The fourth-order valence-electron chi connectivity index (χ4n) is 3.07. The molecule has 1 aliphatic rings. The molecule has 0 saturated heterocycles. The minimum absolute atomic E-state index is 0.597. The van der Waals surface area contributed by atoms with Gasteiger partial charge in [-0.3, -0.25) is 0 Å². The molecule has 0 saturated carbocycles. The van der Waals surface area contributed by atoms with E-state index in [2.05, 4.69) is 50.4 Å². The van der Waals surface area contributed by atoms with Crippen molar-refractivity contribution < 1.29 is 0 Å². The molecule has 0 heterocycles. The molecular formula is C17H27N. The minimum atomic E-state index is 0.597. The van der Waals surface area contributed by atoms with Gasteiger partial charge in [0.2, 0.25) is 0 Å². The van der Waals surface area contributed by atoms with Crippen LogP contribution in [0.5, 0.6) is 0 Å². The van der Waals surface area contributed by atoms with Gasteiger partial charge in [0.15, 0.2) is 0 Å². The maximum atomic E-state index is 3.76. The highest BCUT2D eigenvalue weighted by Crippen LogP contribution is 2.38. The SMILES string of the molecule is CCCNC1c2ccccc2CC1CCC(C)C. The zero-order valence-corrected chi connectivity index (χ0v) is 12.1. The van der Waals surface area contributed by atoms with Crippen LogP contribution >= 0.6 is 0 Å². The molecule has 0 aromatic heterocycles. The lowest BCUT2D eigenvalue weighted by Gasteiger charge is -2.22. The molecule has 2 rings (SSSR count). The first-order valence-corrected chi connectivity index (χ1v) is 7.53. The highest BCUT2D eigenvalue weighted by molar-refractivity contribution is 5.35. The van der Waals surface area contributed by atoms with Gasteiger partial charge >= 0.3 is 0 Å². The van der Waals surface area contributed by atoms with Crippen molar-refractivity contribution in [2.75, 3.05) is 6.54 Å². The molecule has 2 unspecified atom stereocenters. The van der Waals surface area contributed by atoms with Gasteiger partial charge in [0, 0.05) is 6.04 Å². The Balaban J connectivity index is 2.07. The van der Waals surface area contributed by atoms with Crippen LogP contribution in [0.1, 0.15) is 57.2 Å². The van der Waals surface area contributed by atoms with Crippen molar-refractivity contribution in [1.29, 1.82) is 0 Å². The molecule has 1 N–H and O–H groups in total. The predicted octanol–water partition coefficient (Wildman–Crippen LogP) is 4.34. The van der Waals surface area contributed by atoms with E-state index >= 15 is 0 Å². The smallest absolute Gasteiger partial charge is 0.0354 e. The largest absolute Gasteiger partial charge is 0.310 e. The summed E-state index contributed by atoms with van der Waals surface area (Å²) in [7, 11) is 0. The van der Waals surface area contributed by atoms with Crippen molar-refractivity contribution in [2.24, 2.45) is 11.8 Å². The molecule has 100 valence electrons.